The van der Waals surface area contributed by atoms with Crippen LogP contribution in [0.25, 0.3) is 4.48 Å². The van der Waals surface area contributed by atoms with Crippen LogP contribution in [-0.4, -0.2) is 18.6 Å². The third-order valence-corrected chi connectivity index (χ3v) is 6.78. The van der Waals surface area contributed by atoms with E-state index < -0.39 is 20.5 Å². The highest BCUT2D eigenvalue weighted by Gasteiger charge is 2.25. The summed E-state index contributed by atoms with van der Waals surface area (Å²) in [6.07, 6.45) is 0. The average Bonchev–Trinajstić information content (AvgIpc) is 2.97. The lowest BCUT2D eigenvalue weighted by atomic mass is 10.2. The first kappa shape index (κ1) is 15.6. The number of phenols is 2. The fourth-order valence-corrected chi connectivity index (χ4v) is 4.81. The van der Waals surface area contributed by atoms with Crippen LogP contribution in [0.2, 0.25) is 0 Å². The van der Waals surface area contributed by atoms with E-state index in [9.17, 15) is 23.9 Å². The Morgan fingerprint density at radius 3 is 2.48 bits per heavy atom. The van der Waals surface area contributed by atoms with Crippen LogP contribution in [0.4, 0.5) is 0 Å². The van der Waals surface area contributed by atoms with Crippen LogP contribution in [0.3, 0.4) is 0 Å². The number of nitriles is 1. The third-order valence-electron chi connectivity index (χ3n) is 2.56. The Morgan fingerprint density at radius 2 is 1.95 bits per heavy atom. The predicted octanol–water partition coefficient (Wildman–Crippen LogP) is 3.22. The molecule has 0 unspecified atom stereocenters. The van der Waals surface area contributed by atoms with Crippen LogP contribution >= 0.6 is 27.3 Å². The maximum absolute atomic E-state index is 12.4. The van der Waals surface area contributed by atoms with Crippen molar-refractivity contribution in [1.82, 2.24) is 0 Å². The molecule has 21 heavy (non-hydrogen) atoms. The van der Waals surface area contributed by atoms with Gasteiger partial charge in [0, 0.05) is 0 Å². The first-order valence-electron chi connectivity index (χ1n) is 5.48. The number of benzene rings is 1. The summed E-state index contributed by atoms with van der Waals surface area (Å²) in [5.41, 5.74) is 0.266. The zero-order valence-corrected chi connectivity index (χ0v) is 13.5. The molecule has 0 amide bonds. The standard InChI is InChI=1S/C13H8BrNO4S2/c14-13(8-3-4-9(16)10(17)6-8)11(7-15)21(18,19)12-2-1-5-20-12/h1-6,16-17H. The Kier molecular flexibility index (Phi) is 4.37. The van der Waals surface area contributed by atoms with Crippen molar-refractivity contribution in [3.8, 4) is 17.6 Å². The van der Waals surface area contributed by atoms with Gasteiger partial charge < -0.3 is 10.2 Å². The second-order valence-electron chi connectivity index (χ2n) is 3.89. The number of sulfone groups is 1. The summed E-state index contributed by atoms with van der Waals surface area (Å²) in [4.78, 5) is -0.463. The van der Waals surface area contributed by atoms with E-state index in [1.807, 2.05) is 0 Å². The maximum atomic E-state index is 12.4. The molecule has 5 nitrogen and oxygen atoms in total. The van der Waals surface area contributed by atoms with Crippen LogP contribution in [0.15, 0.2) is 44.8 Å². The molecule has 1 heterocycles. The molecule has 0 aliphatic heterocycles. The monoisotopic (exact) mass is 385 g/mol. The van der Waals surface area contributed by atoms with Crippen molar-refractivity contribution >= 4 is 41.6 Å². The SMILES string of the molecule is N#CC(=C(Br)c1ccc(O)c(O)c1)S(=O)(=O)c1cccs1. The van der Waals surface area contributed by atoms with Crippen LogP contribution in [0.1, 0.15) is 5.56 Å². The fraction of sp³-hybridized carbons (Fsp3) is 0. The molecule has 0 saturated carbocycles. The van der Waals surface area contributed by atoms with Crippen molar-refractivity contribution in [2.24, 2.45) is 0 Å². The lowest BCUT2D eigenvalue weighted by molar-refractivity contribution is 0.403. The second kappa shape index (κ2) is 5.89. The number of thiophene rings is 1. The molecule has 1 aromatic heterocycles. The number of hydrogen-bond donors (Lipinski definition) is 2. The number of rotatable bonds is 3. The number of phenolic OH excluding ortho intramolecular Hbond substituents is 2. The molecule has 0 atom stereocenters. The maximum Gasteiger partial charge on any atom is 0.227 e. The zero-order chi connectivity index (χ0) is 15.6. The Hall–Kier alpha value is -1.82. The lowest BCUT2D eigenvalue weighted by Crippen LogP contribution is -2.03. The molecule has 0 aliphatic rings. The molecule has 0 fully saturated rings. The van der Waals surface area contributed by atoms with Crippen molar-refractivity contribution in [1.29, 1.82) is 5.26 Å². The van der Waals surface area contributed by atoms with E-state index >= 15 is 0 Å². The molecule has 0 bridgehead atoms. The number of nitrogens with zero attached hydrogens (tertiary/aromatic N) is 1. The van der Waals surface area contributed by atoms with Crippen molar-refractivity contribution in [2.45, 2.75) is 4.21 Å². The Bertz CT molecular complexity index is 849. The Labute approximate surface area is 133 Å². The molecule has 108 valence electrons. The van der Waals surface area contributed by atoms with E-state index in [1.54, 1.807) is 17.5 Å². The first-order chi connectivity index (χ1) is 9.87. The van der Waals surface area contributed by atoms with Crippen molar-refractivity contribution in [3.05, 3.63) is 46.2 Å². The van der Waals surface area contributed by atoms with Crippen LogP contribution in [0, 0.1) is 11.3 Å². The van der Waals surface area contributed by atoms with Gasteiger partial charge in [-0.1, -0.05) is 6.07 Å². The number of hydrogen-bond acceptors (Lipinski definition) is 6. The normalized spacial score (nSPS) is 12.6. The molecular formula is C13H8BrNO4S2. The van der Waals surface area contributed by atoms with E-state index in [4.69, 9.17) is 0 Å². The third kappa shape index (κ3) is 2.95. The molecule has 0 spiro atoms. The number of allylic oxidation sites excluding steroid dienone is 1. The molecule has 8 heteroatoms. The minimum Gasteiger partial charge on any atom is -0.504 e. The van der Waals surface area contributed by atoms with E-state index in [0.717, 1.165) is 11.3 Å². The van der Waals surface area contributed by atoms with Gasteiger partial charge in [0.1, 0.15) is 10.3 Å². The van der Waals surface area contributed by atoms with Gasteiger partial charge >= 0.3 is 0 Å². The average molecular weight is 386 g/mol. The van der Waals surface area contributed by atoms with Gasteiger partial charge in [-0.2, -0.15) is 5.26 Å². The topological polar surface area (TPSA) is 98.4 Å². The van der Waals surface area contributed by atoms with Crippen molar-refractivity contribution in [3.63, 3.8) is 0 Å². The highest BCUT2D eigenvalue weighted by Crippen LogP contribution is 2.36. The molecule has 1 aromatic carbocycles. The smallest absolute Gasteiger partial charge is 0.227 e. The molecule has 2 N–H and O–H groups in total. The van der Waals surface area contributed by atoms with Crippen LogP contribution in [0.5, 0.6) is 11.5 Å². The van der Waals surface area contributed by atoms with E-state index in [1.165, 1.54) is 24.3 Å². The summed E-state index contributed by atoms with van der Waals surface area (Å²) >= 11 is 4.09. The molecule has 2 aromatic rings. The summed E-state index contributed by atoms with van der Waals surface area (Å²) < 4.78 is 24.8. The molecule has 2 rings (SSSR count). The summed E-state index contributed by atoms with van der Waals surface area (Å²) in [6, 6.07) is 8.42. The van der Waals surface area contributed by atoms with Gasteiger partial charge in [0.2, 0.25) is 9.84 Å². The largest absolute Gasteiger partial charge is 0.504 e. The minimum absolute atomic E-state index is 0.0219. The van der Waals surface area contributed by atoms with E-state index in [2.05, 4.69) is 15.9 Å². The highest BCUT2D eigenvalue weighted by atomic mass is 79.9. The minimum atomic E-state index is -3.93. The molecule has 0 radical (unpaired) electrons. The molecule has 0 saturated heterocycles. The predicted molar refractivity (Wildman–Crippen MR) is 82.7 cm³/mol. The molecule has 0 aliphatic carbocycles. The summed E-state index contributed by atoms with van der Waals surface area (Å²) in [5.74, 6) is -0.742. The van der Waals surface area contributed by atoms with Gasteiger partial charge in [-0.05, 0) is 51.1 Å². The summed E-state index contributed by atoms with van der Waals surface area (Å²) in [5, 5.41) is 29.5. The molecular weight excluding hydrogens is 378 g/mol. The fourth-order valence-electron chi connectivity index (χ4n) is 1.54. The zero-order valence-electron chi connectivity index (χ0n) is 10.3. The Balaban J connectivity index is 2.63. The summed E-state index contributed by atoms with van der Waals surface area (Å²) in [6.45, 7) is 0. The van der Waals surface area contributed by atoms with Gasteiger partial charge in [0.05, 0.1) is 4.48 Å². The lowest BCUT2D eigenvalue weighted by Gasteiger charge is -2.06. The quantitative estimate of drug-likeness (QED) is 0.624. The van der Waals surface area contributed by atoms with Crippen molar-refractivity contribution in [2.75, 3.05) is 0 Å². The van der Waals surface area contributed by atoms with Crippen molar-refractivity contribution < 1.29 is 18.6 Å². The van der Waals surface area contributed by atoms with Gasteiger partial charge in [-0.15, -0.1) is 11.3 Å². The van der Waals surface area contributed by atoms with E-state index in [-0.39, 0.29) is 20.0 Å². The first-order valence-corrected chi connectivity index (χ1v) is 8.64. The Morgan fingerprint density at radius 1 is 1.24 bits per heavy atom. The summed E-state index contributed by atoms with van der Waals surface area (Å²) in [7, 11) is -3.93. The van der Waals surface area contributed by atoms with Crippen LogP contribution < -0.4 is 0 Å². The highest BCUT2D eigenvalue weighted by molar-refractivity contribution is 9.15. The second-order valence-corrected chi connectivity index (χ2v) is 7.75. The van der Waals surface area contributed by atoms with E-state index in [0.29, 0.717) is 0 Å². The van der Waals surface area contributed by atoms with Gasteiger partial charge in [0.25, 0.3) is 0 Å². The number of halogens is 1. The van der Waals surface area contributed by atoms with Gasteiger partial charge in [-0.3, -0.25) is 0 Å². The van der Waals surface area contributed by atoms with Crippen LogP contribution in [-0.2, 0) is 9.84 Å². The van der Waals surface area contributed by atoms with Gasteiger partial charge in [-0.25, -0.2) is 8.42 Å². The van der Waals surface area contributed by atoms with Gasteiger partial charge in [0.15, 0.2) is 16.4 Å². The number of aromatic hydroxyl groups is 2.